The molecule has 162 valence electrons. The van der Waals surface area contributed by atoms with Crippen molar-refractivity contribution in [2.75, 3.05) is 19.8 Å². The highest BCUT2D eigenvalue weighted by Gasteiger charge is 2.44. The number of nitriles is 1. The summed E-state index contributed by atoms with van der Waals surface area (Å²) in [4.78, 5) is 11.8. The summed E-state index contributed by atoms with van der Waals surface area (Å²) < 4.78 is 15.6. The lowest BCUT2D eigenvalue weighted by molar-refractivity contribution is -0.299. The van der Waals surface area contributed by atoms with Gasteiger partial charge in [0.25, 0.3) is 0 Å². The third kappa shape index (κ3) is 6.64. The van der Waals surface area contributed by atoms with Gasteiger partial charge in [0, 0.05) is 17.7 Å². The topological polar surface area (TPSA) is 170 Å². The van der Waals surface area contributed by atoms with Crippen molar-refractivity contribution in [3.8, 4) is 11.8 Å². The number of aliphatic hydroxyl groups is 4. The Morgan fingerprint density at radius 1 is 1.13 bits per heavy atom. The van der Waals surface area contributed by atoms with E-state index in [1.807, 2.05) is 0 Å². The average Bonchev–Trinajstić information content (AvgIpc) is 2.74. The van der Waals surface area contributed by atoms with Crippen molar-refractivity contribution in [2.45, 2.75) is 30.7 Å². The second-order valence-electron chi connectivity index (χ2n) is 6.47. The Kier molecular flexibility index (Phi) is 8.94. The fourth-order valence-corrected chi connectivity index (χ4v) is 2.57. The number of allylic oxidation sites excluding steroid dienone is 1. The number of aromatic hydroxyl groups is 1. The molecule has 30 heavy (non-hydrogen) atoms. The summed E-state index contributed by atoms with van der Waals surface area (Å²) in [5.41, 5.74) is 0.921. The molecule has 0 bridgehead atoms. The molecule has 0 spiro atoms. The molecule has 2 rings (SSSR count). The smallest absolute Gasteiger partial charge is 0.331 e. The molecule has 1 aliphatic heterocycles. The summed E-state index contributed by atoms with van der Waals surface area (Å²) in [7, 11) is 0. The third-order valence-corrected chi connectivity index (χ3v) is 4.25. The maximum atomic E-state index is 11.8. The molecule has 0 saturated carbocycles. The van der Waals surface area contributed by atoms with Crippen molar-refractivity contribution < 1.29 is 44.5 Å². The Morgan fingerprint density at radius 3 is 2.47 bits per heavy atom. The van der Waals surface area contributed by atoms with E-state index in [0.717, 1.165) is 6.08 Å². The minimum Gasteiger partial charge on any atom is -0.508 e. The fourth-order valence-electron chi connectivity index (χ4n) is 2.57. The third-order valence-electron chi connectivity index (χ3n) is 4.25. The molecule has 0 aromatic heterocycles. The zero-order valence-electron chi connectivity index (χ0n) is 15.9. The largest absolute Gasteiger partial charge is 0.508 e. The molecule has 1 aromatic carbocycles. The summed E-state index contributed by atoms with van der Waals surface area (Å²) in [5, 5.41) is 56.7. The first kappa shape index (κ1) is 23.5. The van der Waals surface area contributed by atoms with Gasteiger partial charge in [-0.05, 0) is 23.8 Å². The van der Waals surface area contributed by atoms with Crippen molar-refractivity contribution in [3.63, 3.8) is 0 Å². The monoisotopic (exact) mass is 421 g/mol. The molecule has 5 unspecified atom stereocenters. The minimum atomic E-state index is -1.59. The van der Waals surface area contributed by atoms with Gasteiger partial charge in [-0.2, -0.15) is 5.26 Å². The van der Waals surface area contributed by atoms with Crippen LogP contribution in [0.15, 0.2) is 42.0 Å². The highest BCUT2D eigenvalue weighted by molar-refractivity contribution is 5.87. The van der Waals surface area contributed by atoms with Gasteiger partial charge < -0.3 is 39.7 Å². The quantitative estimate of drug-likeness (QED) is 0.204. The van der Waals surface area contributed by atoms with Crippen LogP contribution in [-0.2, 0) is 19.0 Å². The SMILES string of the molecule is N#C/C=C(/COC(=O)/C=C/c1ccc(O)cc1)COC1OC(CO)C(O)C(O)C1O. The standard InChI is InChI=1S/C20H23NO9/c21-8-7-13(10-28-16(24)6-3-12-1-4-14(23)5-2-12)11-29-20-19(27)18(26)17(25)15(9-22)30-20/h1-7,15,17-20,22-23,25-27H,9-11H2/b6-3+,13-7-. The van der Waals surface area contributed by atoms with Gasteiger partial charge in [0.2, 0.25) is 0 Å². The number of aliphatic hydroxyl groups excluding tert-OH is 4. The molecule has 1 heterocycles. The number of carbonyl (C=O) groups is 1. The molecule has 10 heteroatoms. The summed E-state index contributed by atoms with van der Waals surface area (Å²) in [5.74, 6) is -0.583. The summed E-state index contributed by atoms with van der Waals surface area (Å²) in [6.07, 6.45) is -3.42. The van der Waals surface area contributed by atoms with Gasteiger partial charge in [0.15, 0.2) is 6.29 Å². The summed E-state index contributed by atoms with van der Waals surface area (Å²) >= 11 is 0. The molecule has 0 amide bonds. The molecule has 10 nitrogen and oxygen atoms in total. The average molecular weight is 421 g/mol. The first-order chi connectivity index (χ1) is 14.3. The number of ether oxygens (including phenoxy) is 3. The molecule has 5 atom stereocenters. The van der Waals surface area contributed by atoms with Gasteiger partial charge in [0.05, 0.1) is 19.3 Å². The van der Waals surface area contributed by atoms with Crippen LogP contribution >= 0.6 is 0 Å². The van der Waals surface area contributed by atoms with Gasteiger partial charge in [0.1, 0.15) is 36.8 Å². The van der Waals surface area contributed by atoms with Gasteiger partial charge >= 0.3 is 5.97 Å². The maximum Gasteiger partial charge on any atom is 0.331 e. The molecule has 0 aliphatic carbocycles. The van der Waals surface area contributed by atoms with Gasteiger partial charge in [-0.1, -0.05) is 12.1 Å². The number of rotatable bonds is 8. The zero-order chi connectivity index (χ0) is 22.1. The number of benzene rings is 1. The van der Waals surface area contributed by atoms with Crippen molar-refractivity contribution in [3.05, 3.63) is 47.6 Å². The molecule has 1 fully saturated rings. The Balaban J connectivity index is 1.87. The van der Waals surface area contributed by atoms with Gasteiger partial charge in [-0.25, -0.2) is 4.79 Å². The highest BCUT2D eigenvalue weighted by Crippen LogP contribution is 2.22. The van der Waals surface area contributed by atoms with Crippen LogP contribution in [0.5, 0.6) is 5.75 Å². The fraction of sp³-hybridized carbons (Fsp3) is 0.400. The van der Waals surface area contributed by atoms with E-state index in [9.17, 15) is 30.3 Å². The van der Waals surface area contributed by atoms with E-state index in [1.54, 1.807) is 18.2 Å². The lowest BCUT2D eigenvalue weighted by atomic mass is 9.99. The van der Waals surface area contributed by atoms with Crippen LogP contribution in [0.4, 0.5) is 0 Å². The van der Waals surface area contributed by atoms with Crippen molar-refractivity contribution in [2.24, 2.45) is 0 Å². The highest BCUT2D eigenvalue weighted by atomic mass is 16.7. The number of phenols is 1. The molecule has 0 radical (unpaired) electrons. The van der Waals surface area contributed by atoms with E-state index in [1.165, 1.54) is 24.3 Å². The Bertz CT molecular complexity index is 797. The molecule has 1 saturated heterocycles. The minimum absolute atomic E-state index is 0.0976. The number of carbonyl (C=O) groups excluding carboxylic acids is 1. The Morgan fingerprint density at radius 2 is 1.83 bits per heavy atom. The van der Waals surface area contributed by atoms with Crippen LogP contribution in [-0.4, -0.2) is 82.0 Å². The normalized spacial score (nSPS) is 27.0. The predicted octanol–water partition coefficient (Wildman–Crippen LogP) is -0.785. The summed E-state index contributed by atoms with van der Waals surface area (Å²) in [6.45, 7) is -1.15. The van der Waals surface area contributed by atoms with Crippen LogP contribution in [0.3, 0.4) is 0 Å². The predicted molar refractivity (Wildman–Crippen MR) is 102 cm³/mol. The molecule has 1 aliphatic rings. The van der Waals surface area contributed by atoms with Crippen molar-refractivity contribution in [1.82, 2.24) is 0 Å². The van der Waals surface area contributed by atoms with E-state index in [0.29, 0.717) is 5.56 Å². The van der Waals surface area contributed by atoms with Crippen LogP contribution in [0.25, 0.3) is 6.08 Å². The number of phenolic OH excluding ortho intramolecular Hbond substituents is 1. The lowest BCUT2D eigenvalue weighted by Gasteiger charge is -2.39. The summed E-state index contributed by atoms with van der Waals surface area (Å²) in [6, 6.07) is 7.93. The number of hydrogen-bond acceptors (Lipinski definition) is 10. The number of nitrogens with zero attached hydrogens (tertiary/aromatic N) is 1. The van der Waals surface area contributed by atoms with Crippen LogP contribution in [0.2, 0.25) is 0 Å². The molecule has 1 aromatic rings. The van der Waals surface area contributed by atoms with E-state index in [2.05, 4.69) is 0 Å². The Hall–Kier alpha value is -2.78. The lowest BCUT2D eigenvalue weighted by Crippen LogP contribution is -2.59. The van der Waals surface area contributed by atoms with Crippen molar-refractivity contribution >= 4 is 12.0 Å². The van der Waals surface area contributed by atoms with Gasteiger partial charge in [-0.15, -0.1) is 0 Å². The van der Waals surface area contributed by atoms with Crippen LogP contribution in [0, 0.1) is 11.3 Å². The Labute approximate surface area is 172 Å². The number of hydrogen-bond donors (Lipinski definition) is 5. The first-order valence-corrected chi connectivity index (χ1v) is 8.99. The molecular weight excluding hydrogens is 398 g/mol. The maximum absolute atomic E-state index is 11.8. The zero-order valence-corrected chi connectivity index (χ0v) is 15.9. The van der Waals surface area contributed by atoms with E-state index < -0.39 is 43.3 Å². The number of esters is 1. The van der Waals surface area contributed by atoms with Crippen LogP contribution in [0.1, 0.15) is 5.56 Å². The van der Waals surface area contributed by atoms with Gasteiger partial charge in [-0.3, -0.25) is 0 Å². The van der Waals surface area contributed by atoms with Crippen LogP contribution < -0.4 is 0 Å². The first-order valence-electron chi connectivity index (χ1n) is 8.99. The van der Waals surface area contributed by atoms with E-state index in [-0.39, 0.29) is 24.5 Å². The molecular formula is C20H23NO9. The second-order valence-corrected chi connectivity index (χ2v) is 6.47. The van der Waals surface area contributed by atoms with Crippen molar-refractivity contribution in [1.29, 1.82) is 5.26 Å². The van der Waals surface area contributed by atoms with E-state index in [4.69, 9.17) is 19.5 Å². The second kappa shape index (κ2) is 11.4. The molecule has 5 N–H and O–H groups in total. The van der Waals surface area contributed by atoms with E-state index >= 15 is 0 Å².